The second kappa shape index (κ2) is 13.8. The van der Waals surface area contributed by atoms with Crippen LogP contribution in [0.25, 0.3) is 55.2 Å². The van der Waals surface area contributed by atoms with Gasteiger partial charge in [-0.05, 0) is 88.6 Å². The van der Waals surface area contributed by atoms with Gasteiger partial charge in [-0.15, -0.1) is 0 Å². The van der Waals surface area contributed by atoms with Crippen molar-refractivity contribution in [2.75, 3.05) is 9.80 Å². The Morgan fingerprint density at radius 3 is 1.24 bits per heavy atom. The van der Waals surface area contributed by atoms with Crippen LogP contribution in [-0.4, -0.2) is 4.98 Å². The lowest BCUT2D eigenvalue weighted by atomic mass is 10.0. The fraction of sp³-hybridized carbons (Fsp3) is 0. The Labute approximate surface area is 319 Å². The molecule has 55 heavy (non-hydrogen) atoms. The maximum Gasteiger partial charge on any atom is 0.227 e. The zero-order valence-corrected chi connectivity index (χ0v) is 30.0. The number of anilines is 6. The van der Waals surface area contributed by atoms with Crippen molar-refractivity contribution in [3.05, 3.63) is 212 Å². The highest BCUT2D eigenvalue weighted by Gasteiger charge is 2.22. The molecule has 0 aliphatic heterocycles. The normalized spacial score (nSPS) is 11.3. The van der Waals surface area contributed by atoms with Crippen LogP contribution in [0.15, 0.2) is 217 Å². The Bertz CT molecular complexity index is 2800. The van der Waals surface area contributed by atoms with Gasteiger partial charge in [0, 0.05) is 50.5 Å². The molecule has 0 saturated carbocycles. The number of nitrogens with zero attached hydrogens (tertiary/aromatic N) is 3. The van der Waals surface area contributed by atoms with Crippen LogP contribution < -0.4 is 9.80 Å². The summed E-state index contributed by atoms with van der Waals surface area (Å²) >= 11 is 0. The van der Waals surface area contributed by atoms with Crippen molar-refractivity contribution in [3.63, 3.8) is 0 Å². The number of oxazole rings is 1. The molecule has 0 unspecified atom stereocenters. The standard InChI is InChI=1S/C51H35N3O/c1-5-17-36(18-6-1)37-29-31-42(32-30-37)54(41-23-11-4-12-24-41)44-34-38(33-43(35-44)53(39-19-7-2-8-20-39)40-21-9-3-10-22-40)51-52-49-47-27-15-13-25-45(47)46-26-14-16-28-48(46)50(49)55-51/h1-35H. The SMILES string of the molecule is c1ccc(-c2ccc(N(c3ccccc3)c3cc(-c4nc5c6ccccc6c6ccccc6c5o4)cc(N(c4ccccc4)c4ccccc4)c3)cc2)cc1. The summed E-state index contributed by atoms with van der Waals surface area (Å²) in [5, 5.41) is 4.43. The second-order valence-corrected chi connectivity index (χ2v) is 13.6. The van der Waals surface area contributed by atoms with Gasteiger partial charge in [0.25, 0.3) is 0 Å². The van der Waals surface area contributed by atoms with Crippen molar-refractivity contribution in [2.24, 2.45) is 0 Å². The first-order valence-corrected chi connectivity index (χ1v) is 18.5. The zero-order chi connectivity index (χ0) is 36.6. The summed E-state index contributed by atoms with van der Waals surface area (Å²) in [4.78, 5) is 9.90. The minimum Gasteiger partial charge on any atom is -0.435 e. The summed E-state index contributed by atoms with van der Waals surface area (Å²) in [5.41, 5.74) is 11.0. The lowest BCUT2D eigenvalue weighted by Crippen LogP contribution is -2.13. The van der Waals surface area contributed by atoms with Crippen molar-refractivity contribution < 1.29 is 4.42 Å². The van der Waals surface area contributed by atoms with Crippen molar-refractivity contribution in [3.8, 4) is 22.6 Å². The third-order valence-electron chi connectivity index (χ3n) is 10.2. The Morgan fingerprint density at radius 2 is 0.709 bits per heavy atom. The van der Waals surface area contributed by atoms with E-state index in [2.05, 4.69) is 222 Å². The maximum atomic E-state index is 6.88. The van der Waals surface area contributed by atoms with Crippen LogP contribution in [0.3, 0.4) is 0 Å². The molecule has 0 fully saturated rings. The monoisotopic (exact) mass is 705 g/mol. The molecule has 1 aromatic heterocycles. The van der Waals surface area contributed by atoms with Crippen molar-refractivity contribution in [1.29, 1.82) is 0 Å². The van der Waals surface area contributed by atoms with Gasteiger partial charge in [-0.1, -0.05) is 146 Å². The van der Waals surface area contributed by atoms with Crippen molar-refractivity contribution >= 4 is 66.8 Å². The van der Waals surface area contributed by atoms with Crippen molar-refractivity contribution in [1.82, 2.24) is 4.98 Å². The van der Waals surface area contributed by atoms with Gasteiger partial charge in [-0.3, -0.25) is 0 Å². The molecule has 0 saturated heterocycles. The molecule has 0 bridgehead atoms. The molecule has 4 heteroatoms. The Morgan fingerprint density at radius 1 is 0.309 bits per heavy atom. The van der Waals surface area contributed by atoms with Gasteiger partial charge in [0.15, 0.2) is 5.58 Å². The topological polar surface area (TPSA) is 32.5 Å². The van der Waals surface area contributed by atoms with Gasteiger partial charge >= 0.3 is 0 Å². The van der Waals surface area contributed by atoms with Gasteiger partial charge in [-0.25, -0.2) is 4.98 Å². The number of hydrogen-bond donors (Lipinski definition) is 0. The Balaban J connectivity index is 1.23. The summed E-state index contributed by atoms with van der Waals surface area (Å²) in [7, 11) is 0. The highest BCUT2D eigenvalue weighted by Crippen LogP contribution is 2.44. The molecule has 10 aromatic rings. The molecular formula is C51H35N3O. The van der Waals surface area contributed by atoms with E-state index in [4.69, 9.17) is 9.40 Å². The van der Waals surface area contributed by atoms with Crippen LogP contribution >= 0.6 is 0 Å². The lowest BCUT2D eigenvalue weighted by Gasteiger charge is -2.30. The van der Waals surface area contributed by atoms with Crippen LogP contribution in [0.5, 0.6) is 0 Å². The fourth-order valence-electron chi connectivity index (χ4n) is 7.69. The molecule has 1 heterocycles. The van der Waals surface area contributed by atoms with Crippen molar-refractivity contribution in [2.45, 2.75) is 0 Å². The van der Waals surface area contributed by atoms with E-state index in [0.29, 0.717) is 5.89 Å². The zero-order valence-electron chi connectivity index (χ0n) is 30.0. The molecule has 260 valence electrons. The summed E-state index contributed by atoms with van der Waals surface area (Å²) in [6.07, 6.45) is 0. The van der Waals surface area contributed by atoms with Crippen LogP contribution in [0.1, 0.15) is 0 Å². The highest BCUT2D eigenvalue weighted by atomic mass is 16.3. The molecule has 10 rings (SSSR count). The average molecular weight is 706 g/mol. The first-order valence-electron chi connectivity index (χ1n) is 18.5. The Hall–Kier alpha value is -7.43. The number of para-hydroxylation sites is 3. The Kier molecular flexibility index (Phi) is 8.12. The van der Waals surface area contributed by atoms with E-state index in [-0.39, 0.29) is 0 Å². The second-order valence-electron chi connectivity index (χ2n) is 13.6. The molecule has 0 spiro atoms. The number of rotatable bonds is 8. The van der Waals surface area contributed by atoms with E-state index in [1.165, 1.54) is 5.56 Å². The third kappa shape index (κ3) is 5.96. The number of benzene rings is 9. The predicted molar refractivity (Wildman–Crippen MR) is 229 cm³/mol. The molecule has 0 atom stereocenters. The number of aromatic nitrogens is 1. The first-order chi connectivity index (χ1) is 27.3. The summed E-state index contributed by atoms with van der Waals surface area (Å²) in [6, 6.07) is 74.4. The molecule has 0 aliphatic rings. The van der Waals surface area contributed by atoms with Crippen LogP contribution in [0.4, 0.5) is 34.1 Å². The largest absolute Gasteiger partial charge is 0.435 e. The van der Waals surface area contributed by atoms with E-state index < -0.39 is 0 Å². The third-order valence-corrected chi connectivity index (χ3v) is 10.2. The highest BCUT2D eigenvalue weighted by molar-refractivity contribution is 6.22. The molecule has 0 amide bonds. The van der Waals surface area contributed by atoms with Gasteiger partial charge in [-0.2, -0.15) is 0 Å². The average Bonchev–Trinajstić information content (AvgIpc) is 3.72. The molecule has 0 N–H and O–H groups in total. The lowest BCUT2D eigenvalue weighted by molar-refractivity contribution is 0.623. The molecule has 4 nitrogen and oxygen atoms in total. The smallest absolute Gasteiger partial charge is 0.227 e. The predicted octanol–water partition coefficient (Wildman–Crippen LogP) is 14.4. The minimum atomic E-state index is 0.563. The summed E-state index contributed by atoms with van der Waals surface area (Å²) in [5.74, 6) is 0.563. The molecular weight excluding hydrogens is 671 g/mol. The van der Waals surface area contributed by atoms with Crippen LogP contribution in [0.2, 0.25) is 0 Å². The molecule has 0 aliphatic carbocycles. The van der Waals surface area contributed by atoms with Gasteiger partial charge < -0.3 is 14.2 Å². The van der Waals surface area contributed by atoms with Gasteiger partial charge in [0.2, 0.25) is 5.89 Å². The molecule has 9 aromatic carbocycles. The van der Waals surface area contributed by atoms with E-state index in [9.17, 15) is 0 Å². The van der Waals surface area contributed by atoms with Gasteiger partial charge in [0.05, 0.1) is 0 Å². The fourth-order valence-corrected chi connectivity index (χ4v) is 7.69. The summed E-state index contributed by atoms with van der Waals surface area (Å²) < 4.78 is 6.88. The van der Waals surface area contributed by atoms with Crippen LogP contribution in [-0.2, 0) is 0 Å². The van der Waals surface area contributed by atoms with Gasteiger partial charge in [0.1, 0.15) is 5.52 Å². The van der Waals surface area contributed by atoms with Crippen LogP contribution in [0, 0.1) is 0 Å². The van der Waals surface area contributed by atoms with E-state index in [1.807, 2.05) is 0 Å². The minimum absolute atomic E-state index is 0.563. The van der Waals surface area contributed by atoms with E-state index in [1.54, 1.807) is 0 Å². The maximum absolute atomic E-state index is 6.88. The first kappa shape index (κ1) is 32.2. The van der Waals surface area contributed by atoms with E-state index >= 15 is 0 Å². The van der Waals surface area contributed by atoms with E-state index in [0.717, 1.165) is 77.9 Å². The molecule has 0 radical (unpaired) electrons. The number of fused-ring (bicyclic) bond motifs is 6. The summed E-state index contributed by atoms with van der Waals surface area (Å²) in [6.45, 7) is 0. The quantitative estimate of drug-likeness (QED) is 0.147. The number of hydrogen-bond acceptors (Lipinski definition) is 4.